The Morgan fingerprint density at radius 1 is 0.161 bits per heavy atom. The molecule has 23 rings (SSSR count). The molecule has 1 spiro atoms. The van der Waals surface area contributed by atoms with Crippen molar-refractivity contribution in [2.75, 3.05) is 0 Å². The minimum Gasteiger partial charge on any atom is -0.0622 e. The van der Waals surface area contributed by atoms with Gasteiger partial charge in [-0.3, -0.25) is 0 Å². The average molecular weight is 1440 g/mol. The molecule has 0 heterocycles. The second-order valence-electron chi connectivity index (χ2n) is 32.9. The van der Waals surface area contributed by atoms with Gasteiger partial charge in [0.05, 0.1) is 10.8 Å². The third-order valence-electron chi connectivity index (χ3n) is 25.1. The predicted molar refractivity (Wildman–Crippen MR) is 472 cm³/mol. The molecular weight excluding hydrogens is 1350 g/mol. The topological polar surface area (TPSA) is 0 Å². The van der Waals surface area contributed by atoms with E-state index in [1.807, 2.05) is 0 Å². The van der Waals surface area contributed by atoms with Crippen molar-refractivity contribution in [3.63, 3.8) is 0 Å². The van der Waals surface area contributed by atoms with Gasteiger partial charge in [0.15, 0.2) is 0 Å². The molecule has 0 aromatic heterocycles. The van der Waals surface area contributed by atoms with Crippen LogP contribution in [0.3, 0.4) is 0 Å². The molecular formula is C112H94. The standard InChI is InChI=1S/C26H18.C26H20.2C16H16.2C14H12/c1-17-14-15-21-20-10-4-7-13-24(20)26(25(21)16-17)22-11-5-2-8-18(22)19-9-3-6-12-23(19)26;1-19-16-17-23-22-14-8-9-15-24(22)26(25(23)18-19,20-10-4-2-5-11-20)21-12-6-3-7-13-21;1-11-8-9-15-13(10-11)12-6-4-5-7-14(12)16(15,2)3;1-11-8-9-13-12-6-4-5-7-14(12)16(2,3)15(13)10-11;1-10-6-7-14-12(8-10)9-11-4-2-3-5-13(11)14;1-10-6-7-12-9-11-4-2-3-5-13(11)14(12)8-10/h2-16H,1H3;2-18H,1H3;2*4-10H,1-3H3;2*2-8H,9H2,1H3. The van der Waals surface area contributed by atoms with E-state index in [-0.39, 0.29) is 21.7 Å². The van der Waals surface area contributed by atoms with Crippen LogP contribution in [-0.2, 0) is 34.5 Å². The zero-order valence-corrected chi connectivity index (χ0v) is 66.1. The third-order valence-corrected chi connectivity index (χ3v) is 25.1. The first-order valence-corrected chi connectivity index (χ1v) is 40.0. The molecule has 542 valence electrons. The Kier molecular flexibility index (Phi) is 18.1. The minimum absolute atomic E-state index is 0.151. The lowest BCUT2D eigenvalue weighted by atomic mass is 9.67. The fraction of sp³-hybridized carbons (Fsp3) is 0.143. The predicted octanol–water partition coefficient (Wildman–Crippen LogP) is 28.4. The quantitative estimate of drug-likeness (QED) is 0.162. The summed E-state index contributed by atoms with van der Waals surface area (Å²) in [5, 5.41) is 0. The number of aryl methyl sites for hydroxylation is 6. The Hall–Kier alpha value is -12.5. The molecule has 16 aromatic carbocycles. The first-order chi connectivity index (χ1) is 54.5. The van der Waals surface area contributed by atoms with Crippen LogP contribution in [0.2, 0.25) is 0 Å². The Morgan fingerprint density at radius 2 is 0.420 bits per heavy atom. The molecule has 0 heteroatoms. The smallest absolute Gasteiger partial charge is 0.0622 e. The van der Waals surface area contributed by atoms with E-state index in [0.717, 1.165) is 12.8 Å². The van der Waals surface area contributed by atoms with Crippen molar-refractivity contribution in [1.29, 1.82) is 0 Å². The highest BCUT2D eigenvalue weighted by Gasteiger charge is 2.52. The average Bonchev–Trinajstić information content (AvgIpc) is 1.51. The summed E-state index contributed by atoms with van der Waals surface area (Å²) in [6, 6.07) is 133. The Labute approximate surface area is 663 Å². The zero-order valence-electron chi connectivity index (χ0n) is 66.1. The van der Waals surface area contributed by atoms with Crippen molar-refractivity contribution in [2.45, 2.75) is 104 Å². The largest absolute Gasteiger partial charge is 0.0725 e. The van der Waals surface area contributed by atoms with Gasteiger partial charge in [-0.2, -0.15) is 0 Å². The molecule has 7 aliphatic rings. The lowest BCUT2D eigenvalue weighted by molar-refractivity contribution is 0.660. The van der Waals surface area contributed by atoms with Gasteiger partial charge in [0, 0.05) is 10.8 Å². The molecule has 0 atom stereocenters. The molecule has 7 aliphatic carbocycles. The highest BCUT2D eigenvalue weighted by Crippen LogP contribution is 2.63. The van der Waals surface area contributed by atoms with Gasteiger partial charge in [-0.15, -0.1) is 0 Å². The summed E-state index contributed by atoms with van der Waals surface area (Å²) in [4.78, 5) is 0. The highest BCUT2D eigenvalue weighted by molar-refractivity contribution is 5.95. The molecule has 0 radical (unpaired) electrons. The molecule has 0 saturated heterocycles. The normalized spacial score (nSPS) is 14.2. The van der Waals surface area contributed by atoms with Crippen molar-refractivity contribution in [3.05, 3.63) is 486 Å². The lowest BCUT2D eigenvalue weighted by Gasteiger charge is -2.34. The molecule has 0 unspecified atom stereocenters. The van der Waals surface area contributed by atoms with Crippen molar-refractivity contribution in [1.82, 2.24) is 0 Å². The van der Waals surface area contributed by atoms with E-state index in [2.05, 4.69) is 433 Å². The molecule has 0 fully saturated rings. The van der Waals surface area contributed by atoms with Crippen LogP contribution in [-0.4, -0.2) is 0 Å². The zero-order chi connectivity index (χ0) is 76.6. The molecule has 0 bridgehead atoms. The van der Waals surface area contributed by atoms with Gasteiger partial charge in [-0.05, 0) is 221 Å². The highest BCUT2D eigenvalue weighted by atomic mass is 14.5. The maximum Gasteiger partial charge on any atom is 0.0725 e. The fourth-order valence-corrected chi connectivity index (χ4v) is 19.9. The van der Waals surface area contributed by atoms with Crippen molar-refractivity contribution >= 4 is 0 Å². The van der Waals surface area contributed by atoms with Crippen LogP contribution >= 0.6 is 0 Å². The van der Waals surface area contributed by atoms with Crippen LogP contribution in [0.25, 0.3) is 77.9 Å². The molecule has 0 nitrogen and oxygen atoms in total. The number of fused-ring (bicyclic) bond motifs is 25. The second-order valence-corrected chi connectivity index (χ2v) is 32.9. The summed E-state index contributed by atoms with van der Waals surface area (Å²) in [5.41, 5.74) is 50.1. The summed E-state index contributed by atoms with van der Waals surface area (Å²) < 4.78 is 0. The second kappa shape index (κ2) is 28.4. The van der Waals surface area contributed by atoms with Crippen LogP contribution in [0, 0.1) is 41.5 Å². The molecule has 0 saturated carbocycles. The van der Waals surface area contributed by atoms with E-state index >= 15 is 0 Å². The lowest BCUT2D eigenvalue weighted by Crippen LogP contribution is -2.28. The van der Waals surface area contributed by atoms with Gasteiger partial charge < -0.3 is 0 Å². The molecule has 0 N–H and O–H groups in total. The Bertz CT molecular complexity index is 6120. The van der Waals surface area contributed by atoms with Crippen molar-refractivity contribution in [3.8, 4) is 77.9 Å². The van der Waals surface area contributed by atoms with Crippen LogP contribution in [0.15, 0.2) is 364 Å². The van der Waals surface area contributed by atoms with E-state index in [4.69, 9.17) is 0 Å². The number of rotatable bonds is 2. The fourth-order valence-electron chi connectivity index (χ4n) is 19.9. The van der Waals surface area contributed by atoms with E-state index in [0.29, 0.717) is 0 Å². The van der Waals surface area contributed by atoms with Crippen LogP contribution < -0.4 is 0 Å². The number of hydrogen-bond donors (Lipinski definition) is 0. The SMILES string of the molecule is Cc1ccc2c(c1)-c1ccccc1C2.Cc1ccc2c(c1)-c1ccccc1C2(C)C.Cc1ccc2c(c1)C(C)(C)c1ccccc1-2.Cc1ccc2c(c1)C(c1ccccc1)(c1ccccc1)c1ccccc1-2.Cc1ccc2c(c1)C1(c3ccccc3-c3ccccc31)c1ccccc1-2.Cc1ccc2c(c1)Cc1ccccc1-2. The molecule has 0 amide bonds. The van der Waals surface area contributed by atoms with Crippen LogP contribution in [0.1, 0.15) is 150 Å². The maximum absolute atomic E-state index is 2.40. The third kappa shape index (κ3) is 11.8. The van der Waals surface area contributed by atoms with Crippen LogP contribution in [0.4, 0.5) is 0 Å². The van der Waals surface area contributed by atoms with Crippen molar-refractivity contribution < 1.29 is 0 Å². The van der Waals surface area contributed by atoms with E-state index in [9.17, 15) is 0 Å². The van der Waals surface area contributed by atoms with E-state index in [1.54, 1.807) is 0 Å². The molecule has 112 heavy (non-hydrogen) atoms. The summed E-state index contributed by atoms with van der Waals surface area (Å²) in [5.74, 6) is 0. The first kappa shape index (κ1) is 71.1. The van der Waals surface area contributed by atoms with Gasteiger partial charge >= 0.3 is 0 Å². The number of hydrogen-bond acceptors (Lipinski definition) is 0. The maximum atomic E-state index is 2.40. The number of benzene rings is 16. The summed E-state index contributed by atoms with van der Waals surface area (Å²) in [6.07, 6.45) is 2.21. The van der Waals surface area contributed by atoms with E-state index in [1.165, 1.54) is 200 Å². The summed E-state index contributed by atoms with van der Waals surface area (Å²) in [7, 11) is 0. The van der Waals surface area contributed by atoms with Gasteiger partial charge in [-0.25, -0.2) is 0 Å². The van der Waals surface area contributed by atoms with Gasteiger partial charge in [0.25, 0.3) is 0 Å². The summed E-state index contributed by atoms with van der Waals surface area (Å²) >= 11 is 0. The van der Waals surface area contributed by atoms with Crippen molar-refractivity contribution in [2.24, 2.45) is 0 Å². The van der Waals surface area contributed by atoms with Gasteiger partial charge in [0.2, 0.25) is 0 Å². The van der Waals surface area contributed by atoms with Crippen LogP contribution in [0.5, 0.6) is 0 Å². The first-order valence-electron chi connectivity index (χ1n) is 40.0. The molecule has 0 aliphatic heterocycles. The summed E-state index contributed by atoms with van der Waals surface area (Å²) in [6.45, 7) is 22.3. The Morgan fingerprint density at radius 3 is 0.893 bits per heavy atom. The minimum atomic E-state index is -0.263. The van der Waals surface area contributed by atoms with Gasteiger partial charge in [0.1, 0.15) is 0 Å². The van der Waals surface area contributed by atoms with E-state index < -0.39 is 0 Å². The Balaban J connectivity index is 0.0000000958. The van der Waals surface area contributed by atoms with Gasteiger partial charge in [-0.1, -0.05) is 425 Å². The monoisotopic (exact) mass is 1440 g/mol. The molecule has 16 aromatic rings.